The molecule has 0 saturated carbocycles. The molecule has 0 radical (unpaired) electrons. The zero-order chi connectivity index (χ0) is 23.5. The summed E-state index contributed by atoms with van der Waals surface area (Å²) in [6, 6.07) is 15.3. The topological polar surface area (TPSA) is 84.5 Å². The first-order valence-corrected chi connectivity index (χ1v) is 12.1. The van der Waals surface area contributed by atoms with E-state index in [9.17, 15) is 9.59 Å². The summed E-state index contributed by atoms with van der Waals surface area (Å²) in [5, 5.41) is 6.03. The highest BCUT2D eigenvalue weighted by molar-refractivity contribution is 7.13. The summed E-state index contributed by atoms with van der Waals surface area (Å²) in [4.78, 5) is 35.5. The predicted octanol–water partition coefficient (Wildman–Crippen LogP) is 3.27. The summed E-state index contributed by atoms with van der Waals surface area (Å²) in [7, 11) is 0. The summed E-state index contributed by atoms with van der Waals surface area (Å²) >= 11 is 1.57. The van der Waals surface area contributed by atoms with E-state index in [4.69, 9.17) is 4.52 Å². The third-order valence-electron chi connectivity index (χ3n) is 5.91. The highest BCUT2D eigenvalue weighted by Gasteiger charge is 2.25. The van der Waals surface area contributed by atoms with Crippen LogP contribution in [0, 0.1) is 6.92 Å². The molecule has 9 heteroatoms. The zero-order valence-electron chi connectivity index (χ0n) is 18.9. The second-order valence-corrected chi connectivity index (χ2v) is 9.35. The van der Waals surface area contributed by atoms with E-state index in [2.05, 4.69) is 15.0 Å². The number of carbonyl (C=O) groups excluding carboxylic acids is 1. The maximum absolute atomic E-state index is 13.1. The molecular weight excluding hydrogens is 450 g/mol. The van der Waals surface area contributed by atoms with Crippen molar-refractivity contribution >= 4 is 17.2 Å². The molecule has 3 aromatic heterocycles. The Bertz CT molecular complexity index is 1340. The van der Waals surface area contributed by atoms with Crippen LogP contribution in [-0.4, -0.2) is 56.6 Å². The van der Waals surface area contributed by atoms with Crippen LogP contribution in [0.15, 0.2) is 69.4 Å². The minimum Gasteiger partial charge on any atom is -0.338 e. The second kappa shape index (κ2) is 9.74. The van der Waals surface area contributed by atoms with Crippen LogP contribution >= 0.6 is 11.3 Å². The molecule has 174 valence electrons. The Morgan fingerprint density at radius 3 is 2.68 bits per heavy atom. The molecule has 0 unspecified atom stereocenters. The molecule has 0 N–H and O–H groups in total. The lowest BCUT2D eigenvalue weighted by molar-refractivity contribution is 0.0612. The fourth-order valence-electron chi connectivity index (χ4n) is 4.13. The molecule has 4 aromatic rings. The molecule has 8 nitrogen and oxygen atoms in total. The molecule has 1 saturated heterocycles. The van der Waals surface area contributed by atoms with Crippen LogP contribution in [0.25, 0.3) is 10.7 Å². The SMILES string of the molecule is Cc1cccc(Cn2cccc(C(=O)N3CCN(Cc4nc(-c5cccs5)no4)CC3)c2=O)c1. The van der Waals surface area contributed by atoms with Crippen LogP contribution in [0.3, 0.4) is 0 Å². The first-order valence-electron chi connectivity index (χ1n) is 11.2. The first-order chi connectivity index (χ1) is 16.6. The monoisotopic (exact) mass is 475 g/mol. The minimum atomic E-state index is -0.261. The highest BCUT2D eigenvalue weighted by atomic mass is 32.1. The number of hydrogen-bond acceptors (Lipinski definition) is 7. The van der Waals surface area contributed by atoms with Gasteiger partial charge in [-0.15, -0.1) is 11.3 Å². The Morgan fingerprint density at radius 1 is 1.06 bits per heavy atom. The number of thiophene rings is 1. The Hall–Kier alpha value is -3.56. The van der Waals surface area contributed by atoms with Crippen LogP contribution in [0.4, 0.5) is 0 Å². The third kappa shape index (κ3) is 4.85. The van der Waals surface area contributed by atoms with Crippen molar-refractivity contribution in [1.82, 2.24) is 24.5 Å². The van der Waals surface area contributed by atoms with E-state index in [0.29, 0.717) is 51.0 Å². The lowest BCUT2D eigenvalue weighted by Crippen LogP contribution is -2.49. The van der Waals surface area contributed by atoms with E-state index in [1.165, 1.54) is 0 Å². The number of nitrogens with zero attached hydrogens (tertiary/aromatic N) is 5. The maximum Gasteiger partial charge on any atom is 0.263 e. The van der Waals surface area contributed by atoms with Crippen LogP contribution in [0.5, 0.6) is 0 Å². The van der Waals surface area contributed by atoms with E-state index in [1.807, 2.05) is 48.7 Å². The fourth-order valence-corrected chi connectivity index (χ4v) is 4.78. The molecule has 1 aromatic carbocycles. The molecule has 34 heavy (non-hydrogen) atoms. The number of aryl methyl sites for hydroxylation is 1. The predicted molar refractivity (Wildman–Crippen MR) is 130 cm³/mol. The van der Waals surface area contributed by atoms with Gasteiger partial charge in [0.05, 0.1) is 18.0 Å². The average molecular weight is 476 g/mol. The molecule has 4 heterocycles. The van der Waals surface area contributed by atoms with Gasteiger partial charge in [0, 0.05) is 32.4 Å². The minimum absolute atomic E-state index is 0.209. The number of hydrogen-bond donors (Lipinski definition) is 0. The van der Waals surface area contributed by atoms with Gasteiger partial charge in [0.1, 0.15) is 5.56 Å². The molecule has 0 bridgehead atoms. The number of rotatable bonds is 6. The van der Waals surface area contributed by atoms with Gasteiger partial charge < -0.3 is 14.0 Å². The van der Waals surface area contributed by atoms with Crippen molar-refractivity contribution in [3.05, 3.63) is 93.0 Å². The van der Waals surface area contributed by atoms with Gasteiger partial charge in [-0.25, -0.2) is 0 Å². The first kappa shape index (κ1) is 22.2. The molecule has 0 spiro atoms. The number of aromatic nitrogens is 3. The van der Waals surface area contributed by atoms with Crippen molar-refractivity contribution in [2.24, 2.45) is 0 Å². The van der Waals surface area contributed by atoms with E-state index in [1.54, 1.807) is 39.1 Å². The summed E-state index contributed by atoms with van der Waals surface area (Å²) in [5.41, 5.74) is 2.12. The standard InChI is InChI=1S/C25H25N5O3S/c1-18-5-2-6-19(15-18)16-30-9-3-7-20(25(30)32)24(31)29-12-10-28(11-13-29)17-22-26-23(27-33-22)21-8-4-14-34-21/h2-9,14-15H,10-13,16-17H2,1H3. The lowest BCUT2D eigenvalue weighted by Gasteiger charge is -2.33. The molecule has 0 atom stereocenters. The zero-order valence-corrected chi connectivity index (χ0v) is 19.7. The summed E-state index contributed by atoms with van der Waals surface area (Å²) < 4.78 is 7.00. The number of benzene rings is 1. The molecule has 0 aliphatic carbocycles. The molecular formula is C25H25N5O3S. The van der Waals surface area contributed by atoms with E-state index < -0.39 is 0 Å². The molecule has 1 aliphatic rings. The number of carbonyl (C=O) groups is 1. The normalized spacial score (nSPS) is 14.4. The fraction of sp³-hybridized carbons (Fsp3) is 0.280. The Balaban J connectivity index is 1.21. The summed E-state index contributed by atoms with van der Waals surface area (Å²) in [6.07, 6.45) is 1.73. The molecule has 5 rings (SSSR count). The maximum atomic E-state index is 13.1. The van der Waals surface area contributed by atoms with Crippen LogP contribution in [-0.2, 0) is 13.1 Å². The Kier molecular flexibility index (Phi) is 6.37. The van der Waals surface area contributed by atoms with Gasteiger partial charge in [0.15, 0.2) is 0 Å². The van der Waals surface area contributed by atoms with Gasteiger partial charge in [-0.05, 0) is 36.1 Å². The number of amides is 1. The van der Waals surface area contributed by atoms with E-state index in [-0.39, 0.29) is 17.0 Å². The van der Waals surface area contributed by atoms with Gasteiger partial charge >= 0.3 is 0 Å². The van der Waals surface area contributed by atoms with Gasteiger partial charge in [-0.1, -0.05) is 41.1 Å². The summed E-state index contributed by atoms with van der Waals surface area (Å²) in [6.45, 7) is 5.42. The third-order valence-corrected chi connectivity index (χ3v) is 6.78. The van der Waals surface area contributed by atoms with Crippen molar-refractivity contribution in [3.63, 3.8) is 0 Å². The van der Waals surface area contributed by atoms with Crippen molar-refractivity contribution in [2.45, 2.75) is 20.0 Å². The number of piperazine rings is 1. The molecule has 1 amide bonds. The van der Waals surface area contributed by atoms with Crippen molar-refractivity contribution < 1.29 is 9.32 Å². The van der Waals surface area contributed by atoms with Crippen LogP contribution < -0.4 is 5.56 Å². The van der Waals surface area contributed by atoms with Crippen LogP contribution in [0.1, 0.15) is 27.4 Å². The van der Waals surface area contributed by atoms with Crippen molar-refractivity contribution in [1.29, 1.82) is 0 Å². The lowest BCUT2D eigenvalue weighted by atomic mass is 10.1. The van der Waals surface area contributed by atoms with E-state index >= 15 is 0 Å². The van der Waals surface area contributed by atoms with E-state index in [0.717, 1.165) is 16.0 Å². The highest BCUT2D eigenvalue weighted by Crippen LogP contribution is 2.21. The molecule has 1 fully saturated rings. The average Bonchev–Trinajstić information content (AvgIpc) is 3.53. The number of pyridine rings is 1. The van der Waals surface area contributed by atoms with Crippen molar-refractivity contribution in [3.8, 4) is 10.7 Å². The van der Waals surface area contributed by atoms with Gasteiger partial charge in [0.25, 0.3) is 11.5 Å². The Labute approximate surface area is 201 Å². The second-order valence-electron chi connectivity index (χ2n) is 8.40. The van der Waals surface area contributed by atoms with Gasteiger partial charge in [-0.3, -0.25) is 14.5 Å². The Morgan fingerprint density at radius 2 is 1.91 bits per heavy atom. The van der Waals surface area contributed by atoms with Gasteiger partial charge in [0.2, 0.25) is 11.7 Å². The quantitative estimate of drug-likeness (QED) is 0.426. The van der Waals surface area contributed by atoms with Crippen LogP contribution in [0.2, 0.25) is 0 Å². The largest absolute Gasteiger partial charge is 0.338 e. The molecule has 1 aliphatic heterocycles. The summed E-state index contributed by atoms with van der Waals surface area (Å²) in [5.74, 6) is 0.941. The van der Waals surface area contributed by atoms with Gasteiger partial charge in [-0.2, -0.15) is 4.98 Å². The van der Waals surface area contributed by atoms with Crippen molar-refractivity contribution in [2.75, 3.05) is 26.2 Å². The smallest absolute Gasteiger partial charge is 0.263 e.